The Kier molecular flexibility index (Phi) is 5.86. The fourth-order valence-corrected chi connectivity index (χ4v) is 2.38. The van der Waals surface area contributed by atoms with Gasteiger partial charge in [0.1, 0.15) is 17.7 Å². The van der Waals surface area contributed by atoms with Crippen molar-refractivity contribution in [2.24, 2.45) is 0 Å². The predicted molar refractivity (Wildman–Crippen MR) is 87.2 cm³/mol. The number of esters is 1. The van der Waals surface area contributed by atoms with E-state index in [1.165, 1.54) is 36.4 Å². The largest absolute Gasteiger partial charge is 0.481 e. The van der Waals surface area contributed by atoms with E-state index in [9.17, 15) is 19.3 Å². The number of nitrogens with zero attached hydrogens (tertiary/aromatic N) is 1. The number of carbonyl (C=O) groups is 1. The molecule has 0 aliphatic carbocycles. The van der Waals surface area contributed by atoms with Gasteiger partial charge >= 0.3 is 5.97 Å². The van der Waals surface area contributed by atoms with E-state index < -0.39 is 22.8 Å². The summed E-state index contributed by atoms with van der Waals surface area (Å²) in [6.07, 6.45) is -0.669. The molecule has 2 aromatic carbocycles. The first kappa shape index (κ1) is 17.9. The highest BCUT2D eigenvalue weighted by Gasteiger charge is 2.16. The standard InChI is InChI=1S/C16H13BrFNO5/c1-10(11-3-2-4-13(7-11)19(21)22)24-16(20)9-23-15-6-5-12(18)8-14(15)17/h2-8,10H,9H2,1H3/t10-/m0/s1. The zero-order valence-electron chi connectivity index (χ0n) is 12.6. The Morgan fingerprint density at radius 3 is 2.75 bits per heavy atom. The first-order chi connectivity index (χ1) is 11.4. The van der Waals surface area contributed by atoms with Gasteiger partial charge in [-0.05, 0) is 46.6 Å². The van der Waals surface area contributed by atoms with Crippen LogP contribution in [0.15, 0.2) is 46.9 Å². The van der Waals surface area contributed by atoms with Gasteiger partial charge in [-0.3, -0.25) is 10.1 Å². The van der Waals surface area contributed by atoms with Crippen LogP contribution in [0.2, 0.25) is 0 Å². The lowest BCUT2D eigenvalue weighted by Crippen LogP contribution is -2.17. The van der Waals surface area contributed by atoms with Gasteiger partial charge in [-0.1, -0.05) is 12.1 Å². The van der Waals surface area contributed by atoms with Crippen LogP contribution in [-0.2, 0) is 9.53 Å². The molecule has 6 nitrogen and oxygen atoms in total. The van der Waals surface area contributed by atoms with E-state index in [1.54, 1.807) is 13.0 Å². The average Bonchev–Trinajstić information content (AvgIpc) is 2.54. The number of carbonyl (C=O) groups excluding carboxylic acids is 1. The molecule has 0 aromatic heterocycles. The fourth-order valence-electron chi connectivity index (χ4n) is 1.92. The van der Waals surface area contributed by atoms with Crippen molar-refractivity contribution in [3.05, 3.63) is 68.4 Å². The highest BCUT2D eigenvalue weighted by Crippen LogP contribution is 2.26. The highest BCUT2D eigenvalue weighted by atomic mass is 79.9. The number of rotatable bonds is 6. The van der Waals surface area contributed by atoms with E-state index in [2.05, 4.69) is 15.9 Å². The van der Waals surface area contributed by atoms with Crippen LogP contribution in [0.5, 0.6) is 5.75 Å². The number of nitro benzene ring substituents is 1. The second-order valence-electron chi connectivity index (χ2n) is 4.85. The Labute approximate surface area is 145 Å². The van der Waals surface area contributed by atoms with Gasteiger partial charge in [0.15, 0.2) is 6.61 Å². The summed E-state index contributed by atoms with van der Waals surface area (Å²) in [5, 5.41) is 10.8. The van der Waals surface area contributed by atoms with Crippen molar-refractivity contribution in [1.82, 2.24) is 0 Å². The van der Waals surface area contributed by atoms with E-state index >= 15 is 0 Å². The fraction of sp³-hybridized carbons (Fsp3) is 0.188. The van der Waals surface area contributed by atoms with Crippen molar-refractivity contribution in [3.8, 4) is 5.75 Å². The maximum Gasteiger partial charge on any atom is 0.344 e. The molecule has 126 valence electrons. The summed E-state index contributed by atoms with van der Waals surface area (Å²) >= 11 is 3.13. The van der Waals surface area contributed by atoms with Crippen LogP contribution in [0.1, 0.15) is 18.6 Å². The van der Waals surface area contributed by atoms with Gasteiger partial charge < -0.3 is 9.47 Å². The Hall–Kier alpha value is -2.48. The minimum atomic E-state index is -0.669. The molecule has 0 saturated heterocycles. The third-order valence-electron chi connectivity index (χ3n) is 3.10. The molecule has 0 heterocycles. The van der Waals surface area contributed by atoms with E-state index in [4.69, 9.17) is 9.47 Å². The maximum atomic E-state index is 13.0. The van der Waals surface area contributed by atoms with Crippen LogP contribution in [0, 0.1) is 15.9 Å². The molecule has 0 amide bonds. The van der Waals surface area contributed by atoms with Crippen molar-refractivity contribution >= 4 is 27.6 Å². The number of hydrogen-bond acceptors (Lipinski definition) is 5. The van der Waals surface area contributed by atoms with Crippen LogP contribution in [-0.4, -0.2) is 17.5 Å². The number of nitro groups is 1. The summed E-state index contributed by atoms with van der Waals surface area (Å²) < 4.78 is 23.8. The van der Waals surface area contributed by atoms with Gasteiger partial charge in [-0.15, -0.1) is 0 Å². The Morgan fingerprint density at radius 1 is 1.33 bits per heavy atom. The van der Waals surface area contributed by atoms with E-state index in [0.29, 0.717) is 15.8 Å². The lowest BCUT2D eigenvalue weighted by atomic mass is 10.1. The summed E-state index contributed by atoms with van der Waals surface area (Å²) in [6.45, 7) is 1.23. The highest BCUT2D eigenvalue weighted by molar-refractivity contribution is 9.10. The number of ether oxygens (including phenoxy) is 2. The van der Waals surface area contributed by atoms with Crippen LogP contribution in [0.4, 0.5) is 10.1 Å². The zero-order valence-corrected chi connectivity index (χ0v) is 14.2. The topological polar surface area (TPSA) is 78.7 Å². The van der Waals surface area contributed by atoms with E-state index in [1.807, 2.05) is 0 Å². The van der Waals surface area contributed by atoms with Crippen molar-refractivity contribution in [1.29, 1.82) is 0 Å². The molecule has 0 bridgehead atoms. The Bertz CT molecular complexity index is 768. The van der Waals surface area contributed by atoms with E-state index in [-0.39, 0.29) is 12.3 Å². The predicted octanol–water partition coefficient (Wildman–Crippen LogP) is 4.18. The van der Waals surface area contributed by atoms with Crippen molar-refractivity contribution in [2.75, 3.05) is 6.61 Å². The molecule has 0 unspecified atom stereocenters. The van der Waals surface area contributed by atoms with Crippen molar-refractivity contribution in [2.45, 2.75) is 13.0 Å². The molecular weight excluding hydrogens is 385 g/mol. The van der Waals surface area contributed by atoms with Gasteiger partial charge in [0.25, 0.3) is 5.69 Å². The summed E-state index contributed by atoms with van der Waals surface area (Å²) in [6, 6.07) is 9.65. The lowest BCUT2D eigenvalue weighted by molar-refractivity contribution is -0.385. The van der Waals surface area contributed by atoms with Crippen LogP contribution in [0.25, 0.3) is 0 Å². The zero-order chi connectivity index (χ0) is 17.7. The van der Waals surface area contributed by atoms with Crippen LogP contribution < -0.4 is 4.74 Å². The Morgan fingerprint density at radius 2 is 2.08 bits per heavy atom. The molecule has 0 fully saturated rings. The molecule has 0 spiro atoms. The molecule has 0 aliphatic heterocycles. The van der Waals surface area contributed by atoms with Gasteiger partial charge in [0.2, 0.25) is 0 Å². The number of halogens is 2. The van der Waals surface area contributed by atoms with Crippen molar-refractivity contribution in [3.63, 3.8) is 0 Å². The first-order valence-corrected chi connectivity index (χ1v) is 7.68. The average molecular weight is 398 g/mol. The van der Waals surface area contributed by atoms with Gasteiger partial charge in [0.05, 0.1) is 9.40 Å². The lowest BCUT2D eigenvalue weighted by Gasteiger charge is -2.14. The molecule has 0 N–H and O–H groups in total. The minimum absolute atomic E-state index is 0.0816. The number of hydrogen-bond donors (Lipinski definition) is 0. The van der Waals surface area contributed by atoms with E-state index in [0.717, 1.165) is 0 Å². The first-order valence-electron chi connectivity index (χ1n) is 6.88. The normalized spacial score (nSPS) is 11.6. The van der Waals surface area contributed by atoms with Gasteiger partial charge in [-0.25, -0.2) is 9.18 Å². The molecule has 0 saturated carbocycles. The molecular formula is C16H13BrFNO5. The third kappa shape index (κ3) is 4.76. The monoisotopic (exact) mass is 397 g/mol. The maximum absolute atomic E-state index is 13.0. The molecule has 0 radical (unpaired) electrons. The molecule has 0 aliphatic rings. The van der Waals surface area contributed by atoms with Gasteiger partial charge in [0, 0.05) is 12.1 Å². The summed E-state index contributed by atoms with van der Waals surface area (Å²) in [5.41, 5.74) is 0.419. The van der Waals surface area contributed by atoms with Gasteiger partial charge in [-0.2, -0.15) is 0 Å². The number of benzene rings is 2. The second kappa shape index (κ2) is 7.87. The van der Waals surface area contributed by atoms with Crippen molar-refractivity contribution < 1.29 is 23.6 Å². The Balaban J connectivity index is 1.94. The second-order valence-corrected chi connectivity index (χ2v) is 5.70. The molecule has 8 heteroatoms. The SMILES string of the molecule is C[C@H](OC(=O)COc1ccc(F)cc1Br)c1cccc([N+](=O)[O-])c1. The minimum Gasteiger partial charge on any atom is -0.481 e. The summed E-state index contributed by atoms with van der Waals surface area (Å²) in [4.78, 5) is 22.1. The quantitative estimate of drug-likeness (QED) is 0.415. The summed E-state index contributed by atoms with van der Waals surface area (Å²) in [7, 11) is 0. The smallest absolute Gasteiger partial charge is 0.344 e. The molecule has 2 aromatic rings. The third-order valence-corrected chi connectivity index (χ3v) is 3.72. The molecule has 1 atom stereocenters. The van der Waals surface area contributed by atoms with Crippen LogP contribution in [0.3, 0.4) is 0 Å². The molecule has 2 rings (SSSR count). The number of non-ortho nitro benzene ring substituents is 1. The van der Waals surface area contributed by atoms with Crippen LogP contribution >= 0.6 is 15.9 Å². The molecule has 24 heavy (non-hydrogen) atoms. The summed E-state index contributed by atoms with van der Waals surface area (Å²) in [5.74, 6) is -0.780.